The van der Waals surface area contributed by atoms with Crippen molar-refractivity contribution in [1.29, 1.82) is 0 Å². The molecular weight excluding hydrogens is 508 g/mol. The predicted molar refractivity (Wildman–Crippen MR) is 154 cm³/mol. The molecule has 0 aliphatic heterocycles. The van der Waals surface area contributed by atoms with Gasteiger partial charge in [0, 0.05) is 12.3 Å². The zero-order valence-corrected chi connectivity index (χ0v) is 24.5. The highest BCUT2D eigenvalue weighted by atomic mass is 16.5. The molecule has 7 heteroatoms. The highest BCUT2D eigenvalue weighted by Gasteiger charge is 2.55. The summed E-state index contributed by atoms with van der Waals surface area (Å²) in [4.78, 5) is 38.3. The van der Waals surface area contributed by atoms with Gasteiger partial charge in [-0.25, -0.2) is 4.79 Å². The molecule has 2 N–H and O–H groups in total. The van der Waals surface area contributed by atoms with Crippen LogP contribution < -0.4 is 9.47 Å². The summed E-state index contributed by atoms with van der Waals surface area (Å²) in [5, 5.41) is 19.9. The lowest BCUT2D eigenvalue weighted by Gasteiger charge is -2.50. The minimum Gasteiger partial charge on any atom is -0.493 e. The van der Waals surface area contributed by atoms with E-state index in [-0.39, 0.29) is 53.8 Å². The molecule has 1 aliphatic carbocycles. The molecule has 7 nitrogen and oxygen atoms in total. The van der Waals surface area contributed by atoms with Crippen LogP contribution in [0.15, 0.2) is 42.5 Å². The van der Waals surface area contributed by atoms with E-state index < -0.39 is 23.3 Å². The minimum absolute atomic E-state index is 0.00327. The van der Waals surface area contributed by atoms with Gasteiger partial charge in [0.2, 0.25) is 0 Å². The van der Waals surface area contributed by atoms with Crippen molar-refractivity contribution >= 4 is 17.7 Å². The summed E-state index contributed by atoms with van der Waals surface area (Å²) in [5.41, 5.74) is 0.833. The number of hydrogen-bond donors (Lipinski definition) is 2. The van der Waals surface area contributed by atoms with Crippen molar-refractivity contribution in [3.63, 3.8) is 0 Å². The van der Waals surface area contributed by atoms with E-state index >= 15 is 0 Å². The second-order valence-electron chi connectivity index (χ2n) is 11.9. The average Bonchev–Trinajstić information content (AvgIpc) is 2.87. The normalized spacial score (nSPS) is 16.8. The van der Waals surface area contributed by atoms with E-state index in [2.05, 4.69) is 12.1 Å². The Hall–Kier alpha value is -3.35. The van der Waals surface area contributed by atoms with Crippen molar-refractivity contribution in [2.45, 2.75) is 85.5 Å². The van der Waals surface area contributed by atoms with Gasteiger partial charge in [-0.2, -0.15) is 0 Å². The number of benzene rings is 2. The second-order valence-corrected chi connectivity index (χ2v) is 11.9. The lowest BCUT2D eigenvalue weighted by atomic mass is 9.52. The van der Waals surface area contributed by atoms with E-state index in [1.54, 1.807) is 26.0 Å². The Morgan fingerprint density at radius 2 is 1.50 bits per heavy atom. The number of aromatic carboxylic acids is 1. The average molecular weight is 553 g/mol. The van der Waals surface area contributed by atoms with Crippen LogP contribution in [0.1, 0.15) is 101 Å². The molecule has 0 spiro atoms. The molecule has 0 radical (unpaired) electrons. The fraction of sp³-hybridized carbons (Fsp3) is 0.545. The van der Waals surface area contributed by atoms with Crippen LogP contribution in [0.5, 0.6) is 11.5 Å². The Balaban J connectivity index is 1.91. The maximum atomic E-state index is 13.9. The summed E-state index contributed by atoms with van der Waals surface area (Å²) >= 11 is 0. The summed E-state index contributed by atoms with van der Waals surface area (Å²) in [6.45, 7) is 10.2. The number of hydrogen-bond acceptors (Lipinski definition) is 5. The molecule has 2 unspecified atom stereocenters. The third-order valence-corrected chi connectivity index (χ3v) is 8.12. The first kappa shape index (κ1) is 31.2. The fourth-order valence-corrected chi connectivity index (χ4v) is 6.48. The van der Waals surface area contributed by atoms with Gasteiger partial charge in [0.05, 0.1) is 18.6 Å². The van der Waals surface area contributed by atoms with Crippen molar-refractivity contribution in [1.82, 2.24) is 0 Å². The number of carboxylic acids is 2. The molecule has 3 rings (SSSR count). The standard InChI is InChI=1S/C33H44O7/c1-6-39-27-17-24(18-28(40-7-2)29(27)30(35)36)22(3)25(16-12-11-15-23-13-9-8-10-14-23)26(34)19-33(31(37)38)20-32(4,5)21-33/h8-10,13-14,17-18,22,25H,6-7,11-12,15-16,19-21H2,1-5H3,(H,35,36)(H,37,38). The number of aliphatic carboxylic acids is 1. The molecule has 1 saturated carbocycles. The molecular formula is C33H44O7. The quantitative estimate of drug-likeness (QED) is 0.213. The Morgan fingerprint density at radius 3 is 1.98 bits per heavy atom. The molecule has 0 bridgehead atoms. The molecule has 0 aromatic heterocycles. The number of rotatable bonds is 16. The van der Waals surface area contributed by atoms with Crippen molar-refractivity contribution in [3.05, 3.63) is 59.2 Å². The molecule has 1 fully saturated rings. The van der Waals surface area contributed by atoms with Gasteiger partial charge in [-0.3, -0.25) is 9.59 Å². The van der Waals surface area contributed by atoms with Crippen LogP contribution in [0, 0.1) is 16.7 Å². The minimum atomic E-state index is -1.14. The van der Waals surface area contributed by atoms with Gasteiger partial charge in [0.15, 0.2) is 0 Å². The van der Waals surface area contributed by atoms with E-state index in [9.17, 15) is 24.6 Å². The molecule has 218 valence electrons. The van der Waals surface area contributed by atoms with Gasteiger partial charge in [-0.15, -0.1) is 0 Å². The van der Waals surface area contributed by atoms with Gasteiger partial charge in [0.1, 0.15) is 22.8 Å². The maximum absolute atomic E-state index is 13.9. The molecule has 2 atom stereocenters. The highest BCUT2D eigenvalue weighted by molar-refractivity contribution is 5.94. The first-order chi connectivity index (χ1) is 18.9. The number of Topliss-reactive ketones (excluding diaryl/α,β-unsaturated/α-hetero) is 1. The number of ether oxygens (including phenoxy) is 2. The van der Waals surface area contributed by atoms with Crippen LogP contribution in [-0.4, -0.2) is 41.1 Å². The predicted octanol–water partition coefficient (Wildman–Crippen LogP) is 7.17. The van der Waals surface area contributed by atoms with Gasteiger partial charge in [-0.05, 0) is 80.5 Å². The van der Waals surface area contributed by atoms with Crippen molar-refractivity contribution in [3.8, 4) is 11.5 Å². The van der Waals surface area contributed by atoms with Crippen LogP contribution >= 0.6 is 0 Å². The van der Waals surface area contributed by atoms with Crippen LogP contribution in [-0.2, 0) is 16.0 Å². The Kier molecular flexibility index (Phi) is 10.4. The van der Waals surface area contributed by atoms with Crippen LogP contribution in [0.2, 0.25) is 0 Å². The first-order valence-electron chi connectivity index (χ1n) is 14.4. The number of ketones is 1. The molecule has 40 heavy (non-hydrogen) atoms. The second kappa shape index (κ2) is 13.3. The summed E-state index contributed by atoms with van der Waals surface area (Å²) in [6, 6.07) is 13.6. The third-order valence-electron chi connectivity index (χ3n) is 8.12. The first-order valence-corrected chi connectivity index (χ1v) is 14.4. The molecule has 0 amide bonds. The Labute approximate surface area is 237 Å². The zero-order chi connectivity index (χ0) is 29.5. The summed E-state index contributed by atoms with van der Waals surface area (Å²) in [7, 11) is 0. The van der Waals surface area contributed by atoms with E-state index in [1.165, 1.54) is 5.56 Å². The molecule has 2 aromatic rings. The van der Waals surface area contributed by atoms with Gasteiger partial charge in [-0.1, -0.05) is 57.5 Å². The lowest BCUT2D eigenvalue weighted by molar-refractivity contribution is -0.167. The lowest BCUT2D eigenvalue weighted by Crippen LogP contribution is -2.50. The number of carbonyl (C=O) groups excluding carboxylic acids is 1. The number of carboxylic acid groups (broad SMARTS) is 2. The molecule has 1 aliphatic rings. The number of unbranched alkanes of at least 4 members (excludes halogenated alkanes) is 1. The summed E-state index contributed by atoms with van der Waals surface area (Å²) in [5.74, 6) is -2.39. The van der Waals surface area contributed by atoms with E-state index in [0.29, 0.717) is 19.3 Å². The highest BCUT2D eigenvalue weighted by Crippen LogP contribution is 2.57. The van der Waals surface area contributed by atoms with Gasteiger partial charge < -0.3 is 19.7 Å². The molecule has 0 saturated heterocycles. The van der Waals surface area contributed by atoms with E-state index in [0.717, 1.165) is 24.8 Å². The topological polar surface area (TPSA) is 110 Å². The van der Waals surface area contributed by atoms with Crippen molar-refractivity contribution in [2.24, 2.45) is 16.7 Å². The maximum Gasteiger partial charge on any atom is 0.343 e. The van der Waals surface area contributed by atoms with Gasteiger partial charge >= 0.3 is 11.9 Å². The van der Waals surface area contributed by atoms with E-state index in [1.807, 2.05) is 39.0 Å². The van der Waals surface area contributed by atoms with Crippen molar-refractivity contribution < 1.29 is 34.1 Å². The van der Waals surface area contributed by atoms with Crippen LogP contribution in [0.4, 0.5) is 0 Å². The molecule has 0 heterocycles. The summed E-state index contributed by atoms with van der Waals surface area (Å²) in [6.07, 6.45) is 4.19. The van der Waals surface area contributed by atoms with E-state index in [4.69, 9.17) is 9.47 Å². The summed E-state index contributed by atoms with van der Waals surface area (Å²) < 4.78 is 11.4. The number of carbonyl (C=O) groups is 3. The van der Waals surface area contributed by atoms with Crippen LogP contribution in [0.3, 0.4) is 0 Å². The Bertz CT molecular complexity index is 1150. The Morgan fingerprint density at radius 1 is 0.925 bits per heavy atom. The number of aryl methyl sites for hydroxylation is 1. The largest absolute Gasteiger partial charge is 0.493 e. The smallest absolute Gasteiger partial charge is 0.343 e. The van der Waals surface area contributed by atoms with Crippen molar-refractivity contribution in [2.75, 3.05) is 13.2 Å². The SMILES string of the molecule is CCOc1cc(C(C)C(CCCCc2ccccc2)C(=O)CC2(C(=O)O)CC(C)(C)C2)cc(OCC)c1C(=O)O. The monoisotopic (exact) mass is 552 g/mol. The zero-order valence-electron chi connectivity index (χ0n) is 24.5. The third kappa shape index (κ3) is 7.43. The van der Waals surface area contributed by atoms with Gasteiger partial charge in [0.25, 0.3) is 0 Å². The fourth-order valence-electron chi connectivity index (χ4n) is 6.48. The molecule has 2 aromatic carbocycles. The van der Waals surface area contributed by atoms with Crippen LogP contribution in [0.25, 0.3) is 0 Å².